The zero-order valence-corrected chi connectivity index (χ0v) is 9.13. The molecule has 1 fully saturated rings. The van der Waals surface area contributed by atoms with E-state index < -0.39 is 9.84 Å². The highest BCUT2D eigenvalue weighted by molar-refractivity contribution is 7.90. The average molecular weight is 227 g/mol. The molecule has 0 radical (unpaired) electrons. The van der Waals surface area contributed by atoms with Crippen LogP contribution >= 0.6 is 0 Å². The molecule has 5 nitrogen and oxygen atoms in total. The van der Waals surface area contributed by atoms with Crippen molar-refractivity contribution < 1.29 is 8.42 Å². The zero-order chi connectivity index (χ0) is 10.6. The molecule has 3 rings (SSSR count). The molecule has 2 heterocycles. The first-order valence-electron chi connectivity index (χ1n) is 5.13. The maximum Gasteiger partial charge on any atom is 0.160 e. The molecule has 2 N–H and O–H groups in total. The molecule has 0 bridgehead atoms. The lowest BCUT2D eigenvalue weighted by molar-refractivity contribution is 0.292. The van der Waals surface area contributed by atoms with Crippen LogP contribution in [0.15, 0.2) is 0 Å². The van der Waals surface area contributed by atoms with Crippen LogP contribution in [0.2, 0.25) is 0 Å². The highest BCUT2D eigenvalue weighted by Crippen LogP contribution is 2.37. The van der Waals surface area contributed by atoms with E-state index in [1.54, 1.807) is 0 Å². The summed E-state index contributed by atoms with van der Waals surface area (Å²) in [7, 11) is -2.97. The van der Waals surface area contributed by atoms with Gasteiger partial charge in [-0.25, -0.2) is 13.1 Å². The summed E-state index contributed by atoms with van der Waals surface area (Å²) in [6.45, 7) is 0. The lowest BCUT2D eigenvalue weighted by atomic mass is 9.93. The highest BCUT2D eigenvalue weighted by atomic mass is 32.2. The Morgan fingerprint density at radius 3 is 2.60 bits per heavy atom. The number of aromatic nitrogens is 2. The van der Waals surface area contributed by atoms with Gasteiger partial charge < -0.3 is 5.73 Å². The van der Waals surface area contributed by atoms with Crippen LogP contribution in [-0.2, 0) is 21.3 Å². The topological polar surface area (TPSA) is 78.0 Å². The summed E-state index contributed by atoms with van der Waals surface area (Å²) in [6.07, 6.45) is 3.43. The number of nitrogens with two attached hydrogens (primary N) is 1. The van der Waals surface area contributed by atoms with E-state index in [-0.39, 0.29) is 11.5 Å². The second kappa shape index (κ2) is 2.75. The van der Waals surface area contributed by atoms with Gasteiger partial charge in [-0.1, -0.05) is 0 Å². The molecular weight excluding hydrogens is 214 g/mol. The number of fused-ring (bicyclic) bond motifs is 1. The standard InChI is InChI=1S/C9H13N3O2S/c10-9-7-4-15(13,14)5-8(7)11-12(9)6-2-1-3-6/h6H,1-5,10H2. The fourth-order valence-electron chi connectivity index (χ4n) is 2.19. The molecule has 15 heavy (non-hydrogen) atoms. The Bertz CT molecular complexity index is 514. The van der Waals surface area contributed by atoms with E-state index in [0.717, 1.165) is 18.4 Å². The minimum atomic E-state index is -2.97. The van der Waals surface area contributed by atoms with Gasteiger partial charge in [0.05, 0.1) is 23.2 Å². The van der Waals surface area contributed by atoms with Gasteiger partial charge in [-0.2, -0.15) is 5.10 Å². The largest absolute Gasteiger partial charge is 0.384 e. The van der Waals surface area contributed by atoms with Crippen molar-refractivity contribution in [2.75, 3.05) is 5.73 Å². The molecule has 1 aliphatic heterocycles. The summed E-state index contributed by atoms with van der Waals surface area (Å²) in [6, 6.07) is 0.401. The third-order valence-corrected chi connectivity index (χ3v) is 4.72. The predicted molar refractivity (Wildman–Crippen MR) is 55.9 cm³/mol. The molecule has 0 amide bonds. The summed E-state index contributed by atoms with van der Waals surface area (Å²) in [4.78, 5) is 0. The van der Waals surface area contributed by atoms with Crippen molar-refractivity contribution in [2.45, 2.75) is 36.8 Å². The van der Waals surface area contributed by atoms with E-state index in [1.165, 1.54) is 6.42 Å². The van der Waals surface area contributed by atoms with Crippen LogP contribution in [0.5, 0.6) is 0 Å². The van der Waals surface area contributed by atoms with Gasteiger partial charge in [0.2, 0.25) is 0 Å². The van der Waals surface area contributed by atoms with E-state index in [4.69, 9.17) is 5.73 Å². The molecule has 0 saturated heterocycles. The number of rotatable bonds is 1. The summed E-state index contributed by atoms with van der Waals surface area (Å²) < 4.78 is 24.5. The van der Waals surface area contributed by atoms with Crippen LogP contribution in [-0.4, -0.2) is 18.2 Å². The van der Waals surface area contributed by atoms with Crippen molar-refractivity contribution in [2.24, 2.45) is 0 Å². The third-order valence-electron chi connectivity index (χ3n) is 3.27. The van der Waals surface area contributed by atoms with Crippen LogP contribution in [0, 0.1) is 0 Å². The Hall–Kier alpha value is -1.04. The Labute approximate surface area is 88.2 Å². The molecule has 0 aromatic carbocycles. The SMILES string of the molecule is Nc1c2c(nn1C1CCC1)CS(=O)(=O)C2. The van der Waals surface area contributed by atoms with Gasteiger partial charge in [-0.15, -0.1) is 0 Å². The van der Waals surface area contributed by atoms with Crippen molar-refractivity contribution in [1.29, 1.82) is 0 Å². The molecule has 1 aromatic heterocycles. The van der Waals surface area contributed by atoms with Crippen molar-refractivity contribution in [3.8, 4) is 0 Å². The molecule has 1 aromatic rings. The fourth-order valence-corrected chi connectivity index (χ4v) is 3.70. The summed E-state index contributed by atoms with van der Waals surface area (Å²) in [5, 5.41) is 4.32. The fraction of sp³-hybridized carbons (Fsp3) is 0.667. The van der Waals surface area contributed by atoms with Crippen LogP contribution in [0.3, 0.4) is 0 Å². The van der Waals surface area contributed by atoms with E-state index in [2.05, 4.69) is 5.10 Å². The smallest absolute Gasteiger partial charge is 0.160 e. The summed E-state index contributed by atoms with van der Waals surface area (Å²) in [5.74, 6) is 0.698. The van der Waals surface area contributed by atoms with Crippen molar-refractivity contribution in [1.82, 2.24) is 9.78 Å². The molecule has 1 saturated carbocycles. The predicted octanol–water partition coefficient (Wildman–Crippen LogP) is 0.619. The Balaban J connectivity index is 2.03. The van der Waals surface area contributed by atoms with Crippen molar-refractivity contribution >= 4 is 15.7 Å². The van der Waals surface area contributed by atoms with E-state index in [1.807, 2.05) is 4.68 Å². The lowest BCUT2D eigenvalue weighted by Gasteiger charge is -2.26. The van der Waals surface area contributed by atoms with Gasteiger partial charge in [-0.05, 0) is 19.3 Å². The lowest BCUT2D eigenvalue weighted by Crippen LogP contribution is -2.20. The molecular formula is C9H13N3O2S. The first kappa shape index (κ1) is 9.21. The highest BCUT2D eigenvalue weighted by Gasteiger charge is 2.33. The van der Waals surface area contributed by atoms with Gasteiger partial charge in [0, 0.05) is 5.56 Å². The summed E-state index contributed by atoms with van der Waals surface area (Å²) in [5.41, 5.74) is 7.33. The molecule has 0 unspecified atom stereocenters. The zero-order valence-electron chi connectivity index (χ0n) is 8.31. The van der Waals surface area contributed by atoms with E-state index >= 15 is 0 Å². The Morgan fingerprint density at radius 2 is 2.07 bits per heavy atom. The molecule has 0 spiro atoms. The number of sulfone groups is 1. The number of hydrogen-bond acceptors (Lipinski definition) is 4. The maximum absolute atomic E-state index is 11.4. The maximum atomic E-state index is 11.4. The minimum absolute atomic E-state index is 0.0618. The minimum Gasteiger partial charge on any atom is -0.384 e. The average Bonchev–Trinajstić information content (AvgIpc) is 2.46. The third kappa shape index (κ3) is 1.27. The van der Waals surface area contributed by atoms with Crippen LogP contribution in [0.4, 0.5) is 5.82 Å². The molecule has 1 aliphatic carbocycles. The normalized spacial score (nSPS) is 23.7. The quantitative estimate of drug-likeness (QED) is 0.762. The van der Waals surface area contributed by atoms with Gasteiger partial charge in [0.25, 0.3) is 0 Å². The van der Waals surface area contributed by atoms with Crippen LogP contribution in [0.1, 0.15) is 36.6 Å². The Morgan fingerprint density at radius 1 is 1.33 bits per heavy atom. The second-order valence-corrected chi connectivity index (χ2v) is 6.44. The first-order valence-corrected chi connectivity index (χ1v) is 6.95. The van der Waals surface area contributed by atoms with E-state index in [0.29, 0.717) is 17.6 Å². The van der Waals surface area contributed by atoms with Crippen molar-refractivity contribution in [3.05, 3.63) is 11.3 Å². The number of nitrogen functional groups attached to an aromatic ring is 1. The number of nitrogens with zero attached hydrogens (tertiary/aromatic N) is 2. The van der Waals surface area contributed by atoms with Gasteiger partial charge in [-0.3, -0.25) is 0 Å². The molecule has 2 aliphatic rings. The van der Waals surface area contributed by atoms with Gasteiger partial charge in [0.1, 0.15) is 5.82 Å². The van der Waals surface area contributed by atoms with Crippen LogP contribution < -0.4 is 5.73 Å². The number of anilines is 1. The van der Waals surface area contributed by atoms with Gasteiger partial charge >= 0.3 is 0 Å². The second-order valence-electron chi connectivity index (χ2n) is 4.37. The van der Waals surface area contributed by atoms with Gasteiger partial charge in [0.15, 0.2) is 9.84 Å². The Kier molecular flexibility index (Phi) is 1.69. The number of hydrogen-bond donors (Lipinski definition) is 1. The first-order chi connectivity index (χ1) is 7.07. The molecule has 0 atom stereocenters. The molecule has 82 valence electrons. The summed E-state index contributed by atoms with van der Waals surface area (Å²) >= 11 is 0. The van der Waals surface area contributed by atoms with Crippen molar-refractivity contribution in [3.63, 3.8) is 0 Å². The van der Waals surface area contributed by atoms with E-state index in [9.17, 15) is 8.42 Å². The monoisotopic (exact) mass is 227 g/mol. The molecule has 6 heteroatoms. The van der Waals surface area contributed by atoms with Crippen LogP contribution in [0.25, 0.3) is 0 Å².